The molecule has 1 aromatic heterocycles. The fraction of sp³-hybridized carbons (Fsp3) is 0.182. The normalized spacial score (nSPS) is 11.4. The van der Waals surface area contributed by atoms with Crippen LogP contribution < -0.4 is 5.14 Å². The Morgan fingerprint density at radius 3 is 2.45 bits per heavy atom. The molecule has 0 spiro atoms. The van der Waals surface area contributed by atoms with Gasteiger partial charge in [0.25, 0.3) is 5.69 Å². The zero-order valence-electron chi connectivity index (χ0n) is 10.3. The third kappa shape index (κ3) is 3.39. The van der Waals surface area contributed by atoms with Gasteiger partial charge in [0.2, 0.25) is 10.0 Å². The summed E-state index contributed by atoms with van der Waals surface area (Å²) in [7, 11) is -3.74. The van der Waals surface area contributed by atoms with Crippen LogP contribution in [-0.4, -0.2) is 23.1 Å². The minimum atomic E-state index is -3.74. The number of rotatable bonds is 5. The quantitative estimate of drug-likeness (QED) is 0.642. The van der Waals surface area contributed by atoms with Crippen LogP contribution in [0.5, 0.6) is 0 Å². The molecule has 0 fully saturated rings. The summed E-state index contributed by atoms with van der Waals surface area (Å²) in [5.41, 5.74) is 0.924. The highest BCUT2D eigenvalue weighted by Crippen LogP contribution is 2.13. The van der Waals surface area contributed by atoms with Gasteiger partial charge in [0, 0.05) is 24.9 Å². The Bertz CT molecular complexity index is 721. The third-order valence-electron chi connectivity index (χ3n) is 2.71. The lowest BCUT2D eigenvalue weighted by atomic mass is 10.1. The molecule has 0 bridgehead atoms. The van der Waals surface area contributed by atoms with Crippen LogP contribution >= 0.6 is 0 Å². The van der Waals surface area contributed by atoms with Crippen molar-refractivity contribution in [2.24, 2.45) is 5.14 Å². The molecule has 1 heterocycles. The van der Waals surface area contributed by atoms with Crippen LogP contribution in [-0.2, 0) is 23.0 Å². The Morgan fingerprint density at radius 1 is 1.30 bits per heavy atom. The number of nitro groups is 1. The summed E-state index contributed by atoms with van der Waals surface area (Å²) >= 11 is 0. The Kier molecular flexibility index (Phi) is 3.81. The highest BCUT2D eigenvalue weighted by Gasteiger charge is 2.10. The van der Waals surface area contributed by atoms with Crippen molar-refractivity contribution in [2.45, 2.75) is 17.9 Å². The number of nitrogens with zero attached hydrogens (tertiary/aromatic N) is 3. The molecule has 106 valence electrons. The number of hydrogen-bond donors (Lipinski definition) is 1. The van der Waals surface area contributed by atoms with E-state index in [4.69, 9.17) is 5.14 Å². The summed E-state index contributed by atoms with van der Waals surface area (Å²) in [6.07, 6.45) is 3.11. The van der Waals surface area contributed by atoms with Gasteiger partial charge in [-0.25, -0.2) is 13.6 Å². The molecule has 20 heavy (non-hydrogen) atoms. The van der Waals surface area contributed by atoms with E-state index < -0.39 is 14.9 Å². The van der Waals surface area contributed by atoms with Crippen LogP contribution in [0.25, 0.3) is 0 Å². The molecular weight excluding hydrogens is 284 g/mol. The number of nitrogens with two attached hydrogens (primary N) is 1. The Hall–Kier alpha value is -2.26. The topological polar surface area (TPSA) is 121 Å². The number of nitro benzene ring substituents is 1. The molecule has 0 aliphatic heterocycles. The van der Waals surface area contributed by atoms with Crippen LogP contribution in [0.1, 0.15) is 5.56 Å². The van der Waals surface area contributed by atoms with Gasteiger partial charge in [0.05, 0.1) is 11.1 Å². The predicted octanol–water partition coefficient (Wildman–Crippen LogP) is 0.681. The standard InChI is InChI=1S/C11H12N4O4S/c12-20(18,19)11-7-13-14(8-11)6-5-9-1-3-10(4-2-9)15(16)17/h1-4,7-8H,5-6H2,(H2,12,18,19). The molecule has 2 N–H and O–H groups in total. The maximum atomic E-state index is 11.1. The van der Waals surface area contributed by atoms with E-state index >= 15 is 0 Å². The van der Waals surface area contributed by atoms with Gasteiger partial charge in [-0.3, -0.25) is 14.8 Å². The highest BCUT2D eigenvalue weighted by molar-refractivity contribution is 7.89. The first-order valence-electron chi connectivity index (χ1n) is 5.65. The second-order valence-corrected chi connectivity index (χ2v) is 5.72. The van der Waals surface area contributed by atoms with Crippen molar-refractivity contribution in [2.75, 3.05) is 0 Å². The summed E-state index contributed by atoms with van der Waals surface area (Å²) < 4.78 is 23.6. The summed E-state index contributed by atoms with van der Waals surface area (Å²) in [6, 6.07) is 6.16. The zero-order valence-corrected chi connectivity index (χ0v) is 11.2. The molecule has 0 aliphatic rings. The van der Waals surface area contributed by atoms with Crippen LogP contribution in [0.2, 0.25) is 0 Å². The molecule has 0 unspecified atom stereocenters. The van der Waals surface area contributed by atoms with Gasteiger partial charge < -0.3 is 0 Å². The van der Waals surface area contributed by atoms with E-state index in [1.54, 1.807) is 12.1 Å². The van der Waals surface area contributed by atoms with Crippen molar-refractivity contribution in [1.82, 2.24) is 9.78 Å². The summed E-state index contributed by atoms with van der Waals surface area (Å²) in [5.74, 6) is 0. The van der Waals surface area contributed by atoms with Gasteiger partial charge in [-0.05, 0) is 12.0 Å². The molecule has 0 amide bonds. The smallest absolute Gasteiger partial charge is 0.269 e. The minimum absolute atomic E-state index is 0.0318. The lowest BCUT2D eigenvalue weighted by Gasteiger charge is -2.01. The highest BCUT2D eigenvalue weighted by atomic mass is 32.2. The molecule has 2 aromatic rings. The molecule has 1 aromatic carbocycles. The number of primary sulfonamides is 1. The summed E-state index contributed by atoms with van der Waals surface area (Å²) in [4.78, 5) is 10.0. The number of aryl methyl sites for hydroxylation is 2. The van der Waals surface area contributed by atoms with Crippen LogP contribution in [0.3, 0.4) is 0 Å². The van der Waals surface area contributed by atoms with Gasteiger partial charge in [0.15, 0.2) is 0 Å². The average molecular weight is 296 g/mol. The number of hydrogen-bond acceptors (Lipinski definition) is 5. The molecule has 0 atom stereocenters. The molecule has 8 nitrogen and oxygen atoms in total. The van der Waals surface area contributed by atoms with Crippen molar-refractivity contribution in [3.8, 4) is 0 Å². The average Bonchev–Trinajstić information content (AvgIpc) is 2.85. The number of sulfonamides is 1. The Labute approximate surface area is 115 Å². The van der Waals surface area contributed by atoms with Crippen LogP contribution in [0.4, 0.5) is 5.69 Å². The Balaban J connectivity index is 2.02. The van der Waals surface area contributed by atoms with E-state index in [2.05, 4.69) is 5.10 Å². The maximum Gasteiger partial charge on any atom is 0.269 e. The van der Waals surface area contributed by atoms with Gasteiger partial charge in [-0.2, -0.15) is 5.10 Å². The largest absolute Gasteiger partial charge is 0.271 e. The van der Waals surface area contributed by atoms with Crippen molar-refractivity contribution in [3.63, 3.8) is 0 Å². The van der Waals surface area contributed by atoms with E-state index in [9.17, 15) is 18.5 Å². The molecule has 0 saturated heterocycles. The van der Waals surface area contributed by atoms with Crippen LogP contribution in [0.15, 0.2) is 41.6 Å². The van der Waals surface area contributed by atoms with Gasteiger partial charge in [-0.1, -0.05) is 12.1 Å². The van der Waals surface area contributed by atoms with E-state index in [0.717, 1.165) is 5.56 Å². The summed E-state index contributed by atoms with van der Waals surface area (Å²) in [6.45, 7) is 0.452. The number of non-ortho nitro benzene ring substituents is 1. The minimum Gasteiger partial charge on any atom is -0.271 e. The van der Waals surface area contributed by atoms with Crippen molar-refractivity contribution in [3.05, 3.63) is 52.3 Å². The van der Waals surface area contributed by atoms with Crippen molar-refractivity contribution < 1.29 is 13.3 Å². The lowest BCUT2D eigenvalue weighted by Crippen LogP contribution is -2.11. The third-order valence-corrected chi connectivity index (χ3v) is 3.58. The molecule has 9 heteroatoms. The molecule has 0 saturated carbocycles. The SMILES string of the molecule is NS(=O)(=O)c1cnn(CCc2ccc([N+](=O)[O-])cc2)c1. The van der Waals surface area contributed by atoms with Gasteiger partial charge in [-0.15, -0.1) is 0 Å². The first-order chi connectivity index (χ1) is 9.36. The number of benzene rings is 1. The Morgan fingerprint density at radius 2 is 1.95 bits per heavy atom. The van der Waals surface area contributed by atoms with Crippen LogP contribution in [0, 0.1) is 10.1 Å². The van der Waals surface area contributed by atoms with E-state index in [1.807, 2.05) is 0 Å². The lowest BCUT2D eigenvalue weighted by molar-refractivity contribution is -0.384. The second-order valence-electron chi connectivity index (χ2n) is 4.16. The van der Waals surface area contributed by atoms with E-state index in [0.29, 0.717) is 13.0 Å². The zero-order chi connectivity index (χ0) is 14.8. The second kappa shape index (κ2) is 5.39. The first-order valence-corrected chi connectivity index (χ1v) is 7.19. The fourth-order valence-corrected chi connectivity index (χ4v) is 2.10. The first kappa shape index (κ1) is 14.2. The summed E-state index contributed by atoms with van der Waals surface area (Å²) in [5, 5.41) is 19.4. The number of aromatic nitrogens is 2. The fourth-order valence-electron chi connectivity index (χ4n) is 1.64. The van der Waals surface area contributed by atoms with E-state index in [1.165, 1.54) is 29.2 Å². The molecular formula is C11H12N4O4S. The van der Waals surface area contributed by atoms with Crippen molar-refractivity contribution in [1.29, 1.82) is 0 Å². The maximum absolute atomic E-state index is 11.1. The molecule has 0 radical (unpaired) electrons. The molecule has 0 aliphatic carbocycles. The molecule has 2 rings (SSSR count). The van der Waals surface area contributed by atoms with E-state index in [-0.39, 0.29) is 10.6 Å². The van der Waals surface area contributed by atoms with Gasteiger partial charge >= 0.3 is 0 Å². The van der Waals surface area contributed by atoms with Crippen molar-refractivity contribution >= 4 is 15.7 Å². The van der Waals surface area contributed by atoms with Gasteiger partial charge in [0.1, 0.15) is 4.90 Å². The monoisotopic (exact) mass is 296 g/mol. The predicted molar refractivity (Wildman–Crippen MR) is 70.4 cm³/mol.